The lowest BCUT2D eigenvalue weighted by atomic mass is 9.97. The molecule has 0 amide bonds. The van der Waals surface area contributed by atoms with Crippen molar-refractivity contribution >= 4 is 27.2 Å². The Hall–Kier alpha value is -4.25. The zero-order valence-corrected chi connectivity index (χ0v) is 17.1. The third kappa shape index (κ3) is 2.75. The summed E-state index contributed by atoms with van der Waals surface area (Å²) in [5.41, 5.74) is 2.41. The molecule has 0 spiro atoms. The fourth-order valence-electron chi connectivity index (χ4n) is 4.60. The minimum atomic E-state index is -0.246. The highest BCUT2D eigenvalue weighted by atomic mass is 16.3. The Bertz CT molecular complexity index is 1620. The smallest absolute Gasteiger partial charge is 0.265 e. The van der Waals surface area contributed by atoms with E-state index in [1.807, 2.05) is 78.9 Å². The predicted molar refractivity (Wildman–Crippen MR) is 126 cm³/mol. The first-order valence-corrected chi connectivity index (χ1v) is 10.6. The lowest BCUT2D eigenvalue weighted by Crippen LogP contribution is -2.20. The van der Waals surface area contributed by atoms with Crippen molar-refractivity contribution in [2.24, 2.45) is 10.2 Å². The summed E-state index contributed by atoms with van der Waals surface area (Å²) >= 11 is 0. The summed E-state index contributed by atoms with van der Waals surface area (Å²) < 4.78 is 1.37. The van der Waals surface area contributed by atoms with Gasteiger partial charge in [-0.1, -0.05) is 66.7 Å². The predicted octanol–water partition coefficient (Wildman–Crippen LogP) is 5.27. The largest absolute Gasteiger partial charge is 0.494 e. The van der Waals surface area contributed by atoms with E-state index in [2.05, 4.69) is 22.4 Å². The van der Waals surface area contributed by atoms with Crippen LogP contribution in [-0.4, -0.2) is 9.67 Å². The van der Waals surface area contributed by atoms with E-state index in [0.29, 0.717) is 22.9 Å². The maximum atomic E-state index is 13.4. The standard InChI is InChI=1S/C27H19N3O2/c31-26-21-13-7-12-20-19(24-16-23(28-29-24)17-8-3-1-4-9-17)14-15-22(25(20)21)27(32)30(26)18-10-5-2-6-11-18/h1-15,23,31H,16H2/b24-19+. The maximum absolute atomic E-state index is 13.4. The van der Waals surface area contributed by atoms with Crippen molar-refractivity contribution in [3.63, 3.8) is 0 Å². The second kappa shape index (κ2) is 7.17. The van der Waals surface area contributed by atoms with Gasteiger partial charge in [-0.3, -0.25) is 4.79 Å². The Morgan fingerprint density at radius 3 is 2.28 bits per heavy atom. The second-order valence-electron chi connectivity index (χ2n) is 7.98. The van der Waals surface area contributed by atoms with Crippen molar-refractivity contribution in [2.75, 3.05) is 0 Å². The van der Waals surface area contributed by atoms with Crippen molar-refractivity contribution < 1.29 is 5.11 Å². The molecular formula is C27H19N3O2. The van der Waals surface area contributed by atoms with Crippen LogP contribution in [0.2, 0.25) is 0 Å². The summed E-state index contributed by atoms with van der Waals surface area (Å²) in [4.78, 5) is 13.4. The number of hydrogen-bond acceptors (Lipinski definition) is 4. The van der Waals surface area contributed by atoms with Gasteiger partial charge in [0, 0.05) is 27.8 Å². The quantitative estimate of drug-likeness (QED) is 0.425. The fraction of sp³-hybridized carbons (Fsp3) is 0.0741. The molecule has 0 saturated carbocycles. The Kier molecular flexibility index (Phi) is 4.15. The first kappa shape index (κ1) is 18.5. The normalized spacial score (nSPS) is 17.4. The lowest BCUT2D eigenvalue weighted by Gasteiger charge is -2.14. The van der Waals surface area contributed by atoms with Gasteiger partial charge in [0.05, 0.1) is 11.4 Å². The zero-order valence-electron chi connectivity index (χ0n) is 17.1. The summed E-state index contributed by atoms with van der Waals surface area (Å²) in [6.45, 7) is 0. The molecule has 0 saturated heterocycles. The molecule has 154 valence electrons. The van der Waals surface area contributed by atoms with Gasteiger partial charge < -0.3 is 5.11 Å². The van der Waals surface area contributed by atoms with E-state index in [1.165, 1.54) is 4.57 Å². The summed E-state index contributed by atoms with van der Waals surface area (Å²) in [7, 11) is 0. The number of pyridine rings is 1. The molecule has 5 nitrogen and oxygen atoms in total. The highest BCUT2D eigenvalue weighted by Gasteiger charge is 2.21. The van der Waals surface area contributed by atoms with E-state index >= 15 is 0 Å². The third-order valence-corrected chi connectivity index (χ3v) is 6.14. The third-order valence-electron chi connectivity index (χ3n) is 6.14. The Labute approximate surface area is 183 Å². The van der Waals surface area contributed by atoms with Gasteiger partial charge >= 0.3 is 0 Å². The number of aromatic hydroxyl groups is 1. The van der Waals surface area contributed by atoms with Crippen LogP contribution in [0.25, 0.3) is 32.9 Å². The zero-order chi connectivity index (χ0) is 21.7. The molecule has 32 heavy (non-hydrogen) atoms. The first-order valence-electron chi connectivity index (χ1n) is 10.6. The molecule has 6 rings (SSSR count). The molecule has 5 aromatic rings. The SMILES string of the molecule is O=c1c2cc/c(=C3/CC(c4ccccc4)N=N3)c3cccc(c(O)n1-c1ccccc1)c23. The van der Waals surface area contributed by atoms with Crippen molar-refractivity contribution in [1.82, 2.24) is 4.57 Å². The molecule has 0 radical (unpaired) electrons. The van der Waals surface area contributed by atoms with E-state index in [0.717, 1.165) is 27.3 Å². The van der Waals surface area contributed by atoms with Crippen LogP contribution in [0.3, 0.4) is 0 Å². The number of rotatable bonds is 2. The van der Waals surface area contributed by atoms with E-state index in [-0.39, 0.29) is 17.5 Å². The summed E-state index contributed by atoms with van der Waals surface area (Å²) in [5.74, 6) is -0.0586. The molecule has 1 aliphatic heterocycles. The molecule has 1 unspecified atom stereocenters. The maximum Gasteiger partial charge on any atom is 0.265 e. The highest BCUT2D eigenvalue weighted by Crippen LogP contribution is 2.35. The van der Waals surface area contributed by atoms with Gasteiger partial charge in [-0.25, -0.2) is 4.57 Å². The summed E-state index contributed by atoms with van der Waals surface area (Å²) in [5, 5.41) is 23.9. The monoisotopic (exact) mass is 417 g/mol. The number of azo groups is 1. The van der Waals surface area contributed by atoms with Gasteiger partial charge in [-0.15, -0.1) is 0 Å². The van der Waals surface area contributed by atoms with Crippen LogP contribution in [0.1, 0.15) is 18.0 Å². The molecule has 4 aromatic carbocycles. The van der Waals surface area contributed by atoms with Crippen molar-refractivity contribution in [3.8, 4) is 11.6 Å². The first-order chi connectivity index (χ1) is 15.7. The topological polar surface area (TPSA) is 66.9 Å². The average Bonchev–Trinajstić information content (AvgIpc) is 3.34. The minimum absolute atomic E-state index is 0.00724. The van der Waals surface area contributed by atoms with E-state index in [9.17, 15) is 9.90 Å². The van der Waals surface area contributed by atoms with E-state index in [1.54, 1.807) is 0 Å². The Morgan fingerprint density at radius 1 is 0.781 bits per heavy atom. The van der Waals surface area contributed by atoms with Crippen molar-refractivity contribution in [3.05, 3.63) is 112 Å². The number of aromatic nitrogens is 1. The molecule has 1 aromatic heterocycles. The molecular weight excluding hydrogens is 398 g/mol. The summed E-state index contributed by atoms with van der Waals surface area (Å²) in [6, 6.07) is 28.8. The van der Waals surface area contributed by atoms with Gasteiger partial charge in [0.2, 0.25) is 5.88 Å². The number of hydrogen-bond donors (Lipinski definition) is 1. The average molecular weight is 417 g/mol. The molecule has 1 N–H and O–H groups in total. The fourth-order valence-corrected chi connectivity index (χ4v) is 4.60. The molecule has 0 aliphatic carbocycles. The molecule has 5 heteroatoms. The van der Waals surface area contributed by atoms with Gasteiger partial charge in [-0.05, 0) is 35.2 Å². The van der Waals surface area contributed by atoms with Crippen LogP contribution >= 0.6 is 0 Å². The van der Waals surface area contributed by atoms with E-state index in [4.69, 9.17) is 0 Å². The number of para-hydroxylation sites is 1. The van der Waals surface area contributed by atoms with Crippen LogP contribution < -0.4 is 10.8 Å². The minimum Gasteiger partial charge on any atom is -0.494 e. The van der Waals surface area contributed by atoms with Gasteiger partial charge in [0.25, 0.3) is 5.56 Å². The van der Waals surface area contributed by atoms with Crippen molar-refractivity contribution in [1.29, 1.82) is 0 Å². The van der Waals surface area contributed by atoms with Gasteiger partial charge in [-0.2, -0.15) is 10.2 Å². The molecule has 1 aliphatic rings. The summed E-state index contributed by atoms with van der Waals surface area (Å²) in [6.07, 6.45) is 0.697. The van der Waals surface area contributed by atoms with Crippen LogP contribution in [0, 0.1) is 0 Å². The van der Waals surface area contributed by atoms with Crippen molar-refractivity contribution in [2.45, 2.75) is 12.5 Å². The van der Waals surface area contributed by atoms with Crippen LogP contribution in [0.15, 0.2) is 106 Å². The molecule has 0 fully saturated rings. The van der Waals surface area contributed by atoms with Gasteiger partial charge in [0.15, 0.2) is 0 Å². The second-order valence-corrected chi connectivity index (χ2v) is 7.98. The highest BCUT2D eigenvalue weighted by molar-refractivity contribution is 6.12. The van der Waals surface area contributed by atoms with Crippen LogP contribution in [-0.2, 0) is 0 Å². The Morgan fingerprint density at radius 2 is 1.50 bits per heavy atom. The molecule has 1 atom stereocenters. The molecule has 2 heterocycles. The van der Waals surface area contributed by atoms with E-state index < -0.39 is 0 Å². The van der Waals surface area contributed by atoms with Gasteiger partial charge in [0.1, 0.15) is 6.04 Å². The number of nitrogens with zero attached hydrogens (tertiary/aromatic N) is 3. The Balaban J connectivity index is 1.61. The molecule has 0 bridgehead atoms. The van der Waals surface area contributed by atoms with Crippen LogP contribution in [0.4, 0.5) is 0 Å². The number of benzene rings is 4. The van der Waals surface area contributed by atoms with Crippen LogP contribution in [0.5, 0.6) is 5.88 Å². The lowest BCUT2D eigenvalue weighted by molar-refractivity contribution is 0.443.